The van der Waals surface area contributed by atoms with Crippen LogP contribution in [0, 0.1) is 0 Å². The standard InChI is InChI=1S/C15H16.C6H6O/c1-15(2,13-9-5-3-6-10-13)14-11-7-4-8-12-14;7-6-4-2-1-3-5-6/h3-12H,1-2H3;1-5,7H. The number of hydrogen-bond donors (Lipinski definition) is 1. The number of aromatic hydroxyl groups is 1. The Morgan fingerprint density at radius 2 is 0.864 bits per heavy atom. The second kappa shape index (κ2) is 7.46. The molecule has 0 aromatic heterocycles. The van der Waals surface area contributed by atoms with E-state index in [4.69, 9.17) is 5.11 Å². The first kappa shape index (κ1) is 15.8. The van der Waals surface area contributed by atoms with E-state index in [2.05, 4.69) is 74.5 Å². The maximum absolute atomic E-state index is 8.63. The zero-order valence-electron chi connectivity index (χ0n) is 13.1. The Morgan fingerprint density at radius 3 is 1.14 bits per heavy atom. The molecule has 3 aromatic rings. The lowest BCUT2D eigenvalue weighted by atomic mass is 9.78. The van der Waals surface area contributed by atoms with E-state index < -0.39 is 0 Å². The van der Waals surface area contributed by atoms with Gasteiger partial charge in [0, 0.05) is 5.41 Å². The number of phenolic OH excluding ortho intramolecular Hbond substituents is 1. The molecule has 1 nitrogen and oxygen atoms in total. The number of para-hydroxylation sites is 1. The van der Waals surface area contributed by atoms with Gasteiger partial charge in [-0.2, -0.15) is 0 Å². The zero-order chi connectivity index (χ0) is 15.8. The predicted molar refractivity (Wildman–Crippen MR) is 93.1 cm³/mol. The average Bonchev–Trinajstić information content (AvgIpc) is 2.58. The van der Waals surface area contributed by atoms with Gasteiger partial charge in [-0.05, 0) is 23.3 Å². The Bertz CT molecular complexity index is 617. The van der Waals surface area contributed by atoms with E-state index in [-0.39, 0.29) is 5.41 Å². The SMILES string of the molecule is CC(C)(c1ccccc1)c1ccccc1.Oc1ccccc1. The second-order valence-electron chi connectivity index (χ2n) is 5.69. The molecule has 0 fully saturated rings. The molecule has 0 aliphatic heterocycles. The largest absolute Gasteiger partial charge is 0.508 e. The van der Waals surface area contributed by atoms with Gasteiger partial charge in [-0.15, -0.1) is 0 Å². The van der Waals surface area contributed by atoms with Crippen molar-refractivity contribution in [3.8, 4) is 5.75 Å². The van der Waals surface area contributed by atoms with Gasteiger partial charge in [0.05, 0.1) is 0 Å². The quantitative estimate of drug-likeness (QED) is 0.669. The normalized spacial score (nSPS) is 10.5. The molecule has 0 heterocycles. The number of rotatable bonds is 2. The van der Waals surface area contributed by atoms with Crippen molar-refractivity contribution in [2.24, 2.45) is 0 Å². The highest BCUT2D eigenvalue weighted by Crippen LogP contribution is 2.30. The highest BCUT2D eigenvalue weighted by molar-refractivity contribution is 5.36. The minimum atomic E-state index is 0.0858. The Kier molecular flexibility index (Phi) is 5.37. The van der Waals surface area contributed by atoms with Gasteiger partial charge in [0.25, 0.3) is 0 Å². The maximum Gasteiger partial charge on any atom is 0.115 e. The zero-order valence-corrected chi connectivity index (χ0v) is 13.1. The smallest absolute Gasteiger partial charge is 0.115 e. The summed E-state index contributed by atoms with van der Waals surface area (Å²) in [5, 5.41) is 8.63. The van der Waals surface area contributed by atoms with E-state index in [0.717, 1.165) is 0 Å². The summed E-state index contributed by atoms with van der Waals surface area (Å²) in [5.74, 6) is 0.322. The molecule has 0 aliphatic carbocycles. The first-order chi connectivity index (χ1) is 10.6. The third-order valence-electron chi connectivity index (χ3n) is 3.75. The van der Waals surface area contributed by atoms with Crippen molar-refractivity contribution in [1.29, 1.82) is 0 Å². The van der Waals surface area contributed by atoms with Gasteiger partial charge in [-0.3, -0.25) is 0 Å². The first-order valence-corrected chi connectivity index (χ1v) is 7.46. The van der Waals surface area contributed by atoms with Gasteiger partial charge in [-0.25, -0.2) is 0 Å². The molecule has 1 heteroatoms. The van der Waals surface area contributed by atoms with Gasteiger partial charge in [0.15, 0.2) is 0 Å². The molecular formula is C21H22O. The Balaban J connectivity index is 0.000000211. The molecule has 0 spiro atoms. The van der Waals surface area contributed by atoms with Crippen LogP contribution >= 0.6 is 0 Å². The minimum Gasteiger partial charge on any atom is -0.508 e. The van der Waals surface area contributed by atoms with Crippen LogP contribution in [0.25, 0.3) is 0 Å². The molecule has 0 radical (unpaired) electrons. The maximum atomic E-state index is 8.63. The molecule has 1 N–H and O–H groups in total. The first-order valence-electron chi connectivity index (χ1n) is 7.46. The Hall–Kier alpha value is -2.54. The van der Waals surface area contributed by atoms with Crippen molar-refractivity contribution in [2.75, 3.05) is 0 Å². The fraction of sp³-hybridized carbons (Fsp3) is 0.143. The monoisotopic (exact) mass is 290 g/mol. The summed E-state index contributed by atoms with van der Waals surface area (Å²) >= 11 is 0. The summed E-state index contributed by atoms with van der Waals surface area (Å²) in [4.78, 5) is 0. The highest BCUT2D eigenvalue weighted by Gasteiger charge is 2.21. The lowest BCUT2D eigenvalue weighted by Gasteiger charge is -2.25. The van der Waals surface area contributed by atoms with Crippen LogP contribution in [-0.4, -0.2) is 5.11 Å². The summed E-state index contributed by atoms with van der Waals surface area (Å²) in [7, 11) is 0. The van der Waals surface area contributed by atoms with E-state index in [9.17, 15) is 0 Å². The second-order valence-corrected chi connectivity index (χ2v) is 5.69. The van der Waals surface area contributed by atoms with Crippen molar-refractivity contribution >= 4 is 0 Å². The highest BCUT2D eigenvalue weighted by atomic mass is 16.3. The van der Waals surface area contributed by atoms with Gasteiger partial charge >= 0.3 is 0 Å². The molecule has 0 bridgehead atoms. The third-order valence-corrected chi connectivity index (χ3v) is 3.75. The summed E-state index contributed by atoms with van der Waals surface area (Å²) < 4.78 is 0. The van der Waals surface area contributed by atoms with E-state index in [1.54, 1.807) is 24.3 Å². The van der Waals surface area contributed by atoms with Crippen LogP contribution in [0.3, 0.4) is 0 Å². The van der Waals surface area contributed by atoms with Crippen LogP contribution in [0.4, 0.5) is 0 Å². The van der Waals surface area contributed by atoms with Crippen LogP contribution in [-0.2, 0) is 5.41 Å². The molecule has 0 saturated carbocycles. The molecule has 0 unspecified atom stereocenters. The molecule has 3 rings (SSSR count). The van der Waals surface area contributed by atoms with Gasteiger partial charge in [-0.1, -0.05) is 92.7 Å². The topological polar surface area (TPSA) is 20.2 Å². The van der Waals surface area contributed by atoms with Crippen LogP contribution in [0.1, 0.15) is 25.0 Å². The number of benzene rings is 3. The number of phenols is 1. The lowest BCUT2D eigenvalue weighted by molar-refractivity contribution is 0.475. The molecule has 0 aliphatic rings. The van der Waals surface area contributed by atoms with Crippen molar-refractivity contribution in [3.05, 3.63) is 102 Å². The summed E-state index contributed by atoms with van der Waals surface area (Å²) in [6.45, 7) is 4.52. The molecule has 3 aromatic carbocycles. The van der Waals surface area contributed by atoms with E-state index in [1.807, 2.05) is 6.07 Å². The molecule has 0 amide bonds. The fourth-order valence-electron chi connectivity index (χ4n) is 2.30. The van der Waals surface area contributed by atoms with Crippen molar-refractivity contribution < 1.29 is 5.11 Å². The lowest BCUT2D eigenvalue weighted by Crippen LogP contribution is -2.18. The summed E-state index contributed by atoms with van der Waals surface area (Å²) in [5.41, 5.74) is 2.80. The van der Waals surface area contributed by atoms with Crippen LogP contribution < -0.4 is 0 Å². The van der Waals surface area contributed by atoms with Crippen LogP contribution in [0.5, 0.6) is 5.75 Å². The van der Waals surface area contributed by atoms with Gasteiger partial charge < -0.3 is 5.11 Å². The molecule has 0 atom stereocenters. The Morgan fingerprint density at radius 1 is 0.545 bits per heavy atom. The summed E-state index contributed by atoms with van der Waals surface area (Å²) in [6.07, 6.45) is 0. The van der Waals surface area contributed by atoms with Crippen molar-refractivity contribution in [3.63, 3.8) is 0 Å². The van der Waals surface area contributed by atoms with Gasteiger partial charge in [0.1, 0.15) is 5.75 Å². The minimum absolute atomic E-state index is 0.0858. The Labute approximate surface area is 132 Å². The van der Waals surface area contributed by atoms with Crippen molar-refractivity contribution in [2.45, 2.75) is 19.3 Å². The van der Waals surface area contributed by atoms with E-state index in [0.29, 0.717) is 5.75 Å². The van der Waals surface area contributed by atoms with Crippen molar-refractivity contribution in [1.82, 2.24) is 0 Å². The fourth-order valence-corrected chi connectivity index (χ4v) is 2.30. The average molecular weight is 290 g/mol. The molecular weight excluding hydrogens is 268 g/mol. The molecule has 0 saturated heterocycles. The van der Waals surface area contributed by atoms with Gasteiger partial charge in [0.2, 0.25) is 0 Å². The summed E-state index contributed by atoms with van der Waals surface area (Å²) in [6, 6.07) is 30.0. The van der Waals surface area contributed by atoms with E-state index >= 15 is 0 Å². The van der Waals surface area contributed by atoms with Crippen LogP contribution in [0.15, 0.2) is 91.0 Å². The van der Waals surface area contributed by atoms with E-state index in [1.165, 1.54) is 11.1 Å². The molecule has 22 heavy (non-hydrogen) atoms. The number of hydrogen-bond acceptors (Lipinski definition) is 1. The predicted octanol–water partition coefficient (Wildman–Crippen LogP) is 5.40. The molecule has 112 valence electrons. The van der Waals surface area contributed by atoms with Crippen LogP contribution in [0.2, 0.25) is 0 Å². The third kappa shape index (κ3) is 4.23.